The minimum Gasteiger partial charge on any atom is -0.497 e. The number of amides is 2. The van der Waals surface area contributed by atoms with Crippen LogP contribution in [0.5, 0.6) is 5.75 Å². The number of ether oxygens (including phenoxy) is 1. The number of hydrogen-bond donors (Lipinski definition) is 1. The lowest BCUT2D eigenvalue weighted by Gasteiger charge is -2.33. The van der Waals surface area contributed by atoms with Crippen molar-refractivity contribution in [1.29, 1.82) is 0 Å². The molecule has 9 heteroatoms. The Hall–Kier alpha value is -3.85. The minimum atomic E-state index is -4.11. The van der Waals surface area contributed by atoms with Crippen LogP contribution >= 0.6 is 0 Å². The molecule has 0 heterocycles. The Balaban J connectivity index is 2.06. The van der Waals surface area contributed by atoms with Gasteiger partial charge in [0.25, 0.3) is 10.0 Å². The van der Waals surface area contributed by atoms with Crippen LogP contribution in [0.4, 0.5) is 5.69 Å². The summed E-state index contributed by atoms with van der Waals surface area (Å²) in [6.07, 6.45) is 0. The van der Waals surface area contributed by atoms with Gasteiger partial charge in [0.1, 0.15) is 18.3 Å². The molecule has 0 radical (unpaired) electrons. The van der Waals surface area contributed by atoms with Crippen LogP contribution in [0.3, 0.4) is 0 Å². The predicted molar refractivity (Wildman–Crippen MR) is 158 cm³/mol. The molecule has 0 saturated heterocycles. The van der Waals surface area contributed by atoms with E-state index in [-0.39, 0.29) is 17.3 Å². The molecule has 0 bridgehead atoms. The Morgan fingerprint density at radius 2 is 1.60 bits per heavy atom. The molecule has 40 heavy (non-hydrogen) atoms. The number of anilines is 1. The Bertz CT molecular complexity index is 1450. The molecule has 0 aliphatic rings. The summed E-state index contributed by atoms with van der Waals surface area (Å²) in [6, 6.07) is 19.6. The quantitative estimate of drug-likeness (QED) is 0.380. The van der Waals surface area contributed by atoms with Crippen molar-refractivity contribution in [3.8, 4) is 5.75 Å². The molecule has 0 unspecified atom stereocenters. The summed E-state index contributed by atoms with van der Waals surface area (Å²) in [4.78, 5) is 28.7. The summed E-state index contributed by atoms with van der Waals surface area (Å²) in [5.74, 6) is -0.246. The summed E-state index contributed by atoms with van der Waals surface area (Å²) < 4.78 is 34.2. The molecule has 0 fully saturated rings. The van der Waals surface area contributed by atoms with E-state index in [9.17, 15) is 18.0 Å². The monoisotopic (exact) mass is 565 g/mol. The third kappa shape index (κ3) is 7.63. The van der Waals surface area contributed by atoms with E-state index in [1.165, 1.54) is 17.0 Å². The third-order valence-electron chi connectivity index (χ3n) is 6.54. The van der Waals surface area contributed by atoms with Gasteiger partial charge in [-0.3, -0.25) is 13.9 Å². The zero-order chi connectivity index (χ0) is 29.7. The van der Waals surface area contributed by atoms with Crippen LogP contribution < -0.4 is 14.4 Å². The van der Waals surface area contributed by atoms with E-state index in [4.69, 9.17) is 4.74 Å². The van der Waals surface area contributed by atoms with Crippen molar-refractivity contribution in [2.24, 2.45) is 0 Å². The molecule has 3 rings (SSSR count). The van der Waals surface area contributed by atoms with Crippen molar-refractivity contribution in [2.45, 2.75) is 64.6 Å². The standard InChI is InChI=1S/C31H39N3O5S/c1-22-16-17-26(18-23(22)2)34(40(37,38)28-14-9-8-10-15-28)21-29(35)33(24(3)30(36)32-31(4,5)6)20-25-12-11-13-27(19-25)39-7/h8-19,24H,20-21H2,1-7H3,(H,32,36)/t24-/m1/s1. The van der Waals surface area contributed by atoms with Crippen LogP contribution in [0, 0.1) is 13.8 Å². The first-order valence-corrected chi connectivity index (χ1v) is 14.6. The predicted octanol–water partition coefficient (Wildman–Crippen LogP) is 4.84. The van der Waals surface area contributed by atoms with Crippen LogP contribution in [-0.4, -0.2) is 50.4 Å². The zero-order valence-electron chi connectivity index (χ0n) is 24.3. The number of rotatable bonds is 10. The van der Waals surface area contributed by atoms with Gasteiger partial charge < -0.3 is 15.0 Å². The maximum Gasteiger partial charge on any atom is 0.264 e. The van der Waals surface area contributed by atoms with Crippen LogP contribution in [-0.2, 0) is 26.2 Å². The Morgan fingerprint density at radius 1 is 0.925 bits per heavy atom. The first kappa shape index (κ1) is 30.7. The highest BCUT2D eigenvalue weighted by atomic mass is 32.2. The average Bonchev–Trinajstić information content (AvgIpc) is 2.91. The number of nitrogens with zero attached hydrogens (tertiary/aromatic N) is 2. The van der Waals surface area contributed by atoms with Gasteiger partial charge in [0.2, 0.25) is 11.8 Å². The highest BCUT2D eigenvalue weighted by Gasteiger charge is 2.33. The van der Waals surface area contributed by atoms with E-state index in [0.29, 0.717) is 11.4 Å². The molecular weight excluding hydrogens is 526 g/mol. The van der Waals surface area contributed by atoms with Gasteiger partial charge in [-0.05, 0) is 94.6 Å². The average molecular weight is 566 g/mol. The minimum absolute atomic E-state index is 0.0684. The number of carbonyl (C=O) groups is 2. The number of carbonyl (C=O) groups excluding carboxylic acids is 2. The molecule has 0 aromatic heterocycles. The fourth-order valence-corrected chi connectivity index (χ4v) is 5.58. The normalized spacial score (nSPS) is 12.4. The number of sulfonamides is 1. The first-order chi connectivity index (χ1) is 18.7. The molecule has 214 valence electrons. The van der Waals surface area contributed by atoms with Crippen LogP contribution in [0.2, 0.25) is 0 Å². The Labute approximate surface area is 238 Å². The zero-order valence-corrected chi connectivity index (χ0v) is 25.1. The highest BCUT2D eigenvalue weighted by Crippen LogP contribution is 2.27. The van der Waals surface area contributed by atoms with Gasteiger partial charge in [-0.25, -0.2) is 8.42 Å². The van der Waals surface area contributed by atoms with Gasteiger partial charge in [0.15, 0.2) is 0 Å². The SMILES string of the molecule is COc1cccc(CN(C(=O)CN(c2ccc(C)c(C)c2)S(=O)(=O)c2ccccc2)[C@H](C)C(=O)NC(C)(C)C)c1. The Morgan fingerprint density at radius 3 is 2.20 bits per heavy atom. The van der Waals surface area contributed by atoms with Crippen molar-refractivity contribution in [2.75, 3.05) is 18.0 Å². The van der Waals surface area contributed by atoms with Gasteiger partial charge in [0.05, 0.1) is 17.7 Å². The second-order valence-corrected chi connectivity index (χ2v) is 12.7. The second-order valence-electron chi connectivity index (χ2n) is 10.9. The molecule has 0 aliphatic heterocycles. The van der Waals surface area contributed by atoms with Crippen LogP contribution in [0.1, 0.15) is 44.4 Å². The summed E-state index contributed by atoms with van der Waals surface area (Å²) in [6.45, 7) is 10.6. The lowest BCUT2D eigenvalue weighted by Crippen LogP contribution is -2.54. The molecule has 0 spiro atoms. The highest BCUT2D eigenvalue weighted by molar-refractivity contribution is 7.92. The largest absolute Gasteiger partial charge is 0.497 e. The maximum absolute atomic E-state index is 14.0. The van der Waals surface area contributed by atoms with Gasteiger partial charge in [0, 0.05) is 12.1 Å². The molecule has 3 aromatic carbocycles. The van der Waals surface area contributed by atoms with E-state index in [2.05, 4.69) is 5.32 Å². The molecular formula is C31H39N3O5S. The molecule has 3 aromatic rings. The fraction of sp³-hybridized carbons (Fsp3) is 0.355. The second kappa shape index (κ2) is 12.6. The van der Waals surface area contributed by atoms with Crippen LogP contribution in [0.15, 0.2) is 77.7 Å². The molecule has 0 aliphatic carbocycles. The van der Waals surface area contributed by atoms with E-state index < -0.39 is 34.1 Å². The molecule has 8 nitrogen and oxygen atoms in total. The number of aryl methyl sites for hydroxylation is 2. The van der Waals surface area contributed by atoms with Gasteiger partial charge in [-0.1, -0.05) is 36.4 Å². The summed E-state index contributed by atoms with van der Waals surface area (Å²) in [5, 5.41) is 2.93. The van der Waals surface area contributed by atoms with Crippen molar-refractivity contribution >= 4 is 27.5 Å². The number of nitrogens with one attached hydrogen (secondary N) is 1. The summed E-state index contributed by atoms with van der Waals surface area (Å²) >= 11 is 0. The van der Waals surface area contributed by atoms with Crippen molar-refractivity contribution in [3.63, 3.8) is 0 Å². The summed E-state index contributed by atoms with van der Waals surface area (Å²) in [5.41, 5.74) is 2.49. The molecule has 1 N–H and O–H groups in total. The first-order valence-electron chi connectivity index (χ1n) is 13.1. The smallest absolute Gasteiger partial charge is 0.264 e. The van der Waals surface area contributed by atoms with E-state index in [0.717, 1.165) is 21.0 Å². The van der Waals surface area contributed by atoms with Gasteiger partial charge in [-0.15, -0.1) is 0 Å². The molecule has 0 saturated carbocycles. The maximum atomic E-state index is 14.0. The molecule has 2 amide bonds. The van der Waals surface area contributed by atoms with Crippen LogP contribution in [0.25, 0.3) is 0 Å². The number of hydrogen-bond acceptors (Lipinski definition) is 5. The van der Waals surface area contributed by atoms with Crippen molar-refractivity contribution in [3.05, 3.63) is 89.5 Å². The molecule has 1 atom stereocenters. The lowest BCUT2D eigenvalue weighted by molar-refractivity contribution is -0.140. The van der Waals surface area contributed by atoms with E-state index >= 15 is 0 Å². The van der Waals surface area contributed by atoms with Gasteiger partial charge in [-0.2, -0.15) is 0 Å². The fourth-order valence-electron chi connectivity index (χ4n) is 4.15. The topological polar surface area (TPSA) is 96.0 Å². The Kier molecular flexibility index (Phi) is 9.63. The van der Waals surface area contributed by atoms with Gasteiger partial charge >= 0.3 is 0 Å². The summed E-state index contributed by atoms with van der Waals surface area (Å²) in [7, 11) is -2.55. The third-order valence-corrected chi connectivity index (χ3v) is 8.33. The number of methoxy groups -OCH3 is 1. The van der Waals surface area contributed by atoms with E-state index in [1.54, 1.807) is 62.6 Å². The number of benzene rings is 3. The van der Waals surface area contributed by atoms with Crippen molar-refractivity contribution < 1.29 is 22.7 Å². The lowest BCUT2D eigenvalue weighted by atomic mass is 10.1. The van der Waals surface area contributed by atoms with E-state index in [1.807, 2.05) is 46.8 Å². The van der Waals surface area contributed by atoms with Crippen molar-refractivity contribution in [1.82, 2.24) is 10.2 Å².